The van der Waals surface area contributed by atoms with Crippen LogP contribution in [0.25, 0.3) is 0 Å². The molecule has 2 N–H and O–H groups in total. The maximum atomic E-state index is 12.5. The molecule has 2 atom stereocenters. The van der Waals surface area contributed by atoms with Crippen molar-refractivity contribution in [3.63, 3.8) is 0 Å². The van der Waals surface area contributed by atoms with E-state index in [0.29, 0.717) is 25.5 Å². The van der Waals surface area contributed by atoms with Gasteiger partial charge in [0.2, 0.25) is 5.91 Å². The summed E-state index contributed by atoms with van der Waals surface area (Å²) >= 11 is 0. The molecule has 2 unspecified atom stereocenters. The van der Waals surface area contributed by atoms with Crippen molar-refractivity contribution in [2.24, 2.45) is 17.6 Å². The van der Waals surface area contributed by atoms with Crippen LogP contribution in [0.4, 0.5) is 0 Å². The van der Waals surface area contributed by atoms with Gasteiger partial charge < -0.3 is 15.4 Å². The van der Waals surface area contributed by atoms with Crippen molar-refractivity contribution >= 4 is 24.3 Å². The molecule has 1 aliphatic rings. The van der Waals surface area contributed by atoms with Crippen LogP contribution >= 0.6 is 12.4 Å². The molecule has 6 heteroatoms. The summed E-state index contributed by atoms with van der Waals surface area (Å²) in [6, 6.07) is 0.117. The van der Waals surface area contributed by atoms with Crippen molar-refractivity contribution in [1.29, 1.82) is 0 Å². The highest BCUT2D eigenvalue weighted by Crippen LogP contribution is 2.26. The van der Waals surface area contributed by atoms with Crippen molar-refractivity contribution in [3.05, 3.63) is 0 Å². The predicted molar refractivity (Wildman–Crippen MR) is 89.8 cm³/mol. The molecule has 22 heavy (non-hydrogen) atoms. The highest BCUT2D eigenvalue weighted by molar-refractivity contribution is 5.85. The van der Waals surface area contributed by atoms with Crippen molar-refractivity contribution in [3.8, 4) is 0 Å². The summed E-state index contributed by atoms with van der Waals surface area (Å²) in [5.74, 6) is 0.269. The molecule has 0 radical (unpaired) electrons. The van der Waals surface area contributed by atoms with Gasteiger partial charge in [0.25, 0.3) is 0 Å². The molecule has 1 aliphatic carbocycles. The average molecular weight is 335 g/mol. The van der Waals surface area contributed by atoms with Crippen LogP contribution in [-0.2, 0) is 14.3 Å². The molecule has 0 aromatic carbocycles. The van der Waals surface area contributed by atoms with Gasteiger partial charge in [-0.2, -0.15) is 0 Å². The van der Waals surface area contributed by atoms with Crippen LogP contribution < -0.4 is 5.73 Å². The van der Waals surface area contributed by atoms with E-state index in [1.165, 1.54) is 0 Å². The fraction of sp³-hybridized carbons (Fsp3) is 0.875. The van der Waals surface area contributed by atoms with Gasteiger partial charge in [-0.3, -0.25) is 9.59 Å². The summed E-state index contributed by atoms with van der Waals surface area (Å²) in [5, 5.41) is 0. The number of carbonyl (C=O) groups is 2. The van der Waals surface area contributed by atoms with Gasteiger partial charge >= 0.3 is 5.97 Å². The van der Waals surface area contributed by atoms with Gasteiger partial charge in [-0.1, -0.05) is 26.7 Å². The molecule has 0 saturated heterocycles. The number of halogens is 1. The first-order valence-corrected chi connectivity index (χ1v) is 8.13. The minimum absolute atomic E-state index is 0. The summed E-state index contributed by atoms with van der Waals surface area (Å²) in [6.07, 6.45) is 4.77. The summed E-state index contributed by atoms with van der Waals surface area (Å²) in [6.45, 7) is 6.82. The van der Waals surface area contributed by atoms with Crippen molar-refractivity contribution in [2.45, 2.75) is 58.9 Å². The lowest BCUT2D eigenvalue weighted by molar-refractivity contribution is -0.149. The van der Waals surface area contributed by atoms with Gasteiger partial charge in [-0.25, -0.2) is 0 Å². The zero-order valence-electron chi connectivity index (χ0n) is 14.0. The van der Waals surface area contributed by atoms with Gasteiger partial charge in [0, 0.05) is 19.0 Å². The van der Waals surface area contributed by atoms with E-state index in [0.717, 1.165) is 25.7 Å². The fourth-order valence-corrected chi connectivity index (χ4v) is 2.90. The lowest BCUT2D eigenvalue weighted by Gasteiger charge is -2.31. The zero-order valence-corrected chi connectivity index (χ0v) is 14.9. The molecule has 0 aromatic rings. The molecule has 1 fully saturated rings. The number of nitrogens with zero attached hydrogens (tertiary/aromatic N) is 1. The third-order valence-electron chi connectivity index (χ3n) is 3.97. The normalized spacial score (nSPS) is 21.1. The van der Waals surface area contributed by atoms with Crippen LogP contribution in [0.15, 0.2) is 0 Å². The lowest BCUT2D eigenvalue weighted by Crippen LogP contribution is -2.42. The largest absolute Gasteiger partial charge is 0.465 e. The Hall–Kier alpha value is -0.810. The maximum absolute atomic E-state index is 12.5. The highest BCUT2D eigenvalue weighted by Gasteiger charge is 2.27. The topological polar surface area (TPSA) is 72.6 Å². The van der Waals surface area contributed by atoms with Gasteiger partial charge in [-0.15, -0.1) is 12.4 Å². The molecule has 0 aliphatic heterocycles. The number of ether oxygens (including phenoxy) is 1. The predicted octanol–water partition coefficient (Wildman–Crippen LogP) is 2.36. The van der Waals surface area contributed by atoms with Gasteiger partial charge in [0.15, 0.2) is 0 Å². The fourth-order valence-electron chi connectivity index (χ4n) is 2.90. The van der Waals surface area contributed by atoms with Crippen LogP contribution in [-0.4, -0.2) is 42.5 Å². The standard InChI is InChI=1S/C16H30N2O3.ClH/c1-4-21-16(20)11-18(10-12(2)3)15(19)9-13-7-5-6-8-14(13)17;/h12-14H,4-11,17H2,1-3H3;1H. The second-order valence-electron chi connectivity index (χ2n) is 6.39. The number of esters is 1. The smallest absolute Gasteiger partial charge is 0.325 e. The van der Waals surface area contributed by atoms with Gasteiger partial charge in [0.1, 0.15) is 6.54 Å². The summed E-state index contributed by atoms with van der Waals surface area (Å²) in [7, 11) is 0. The van der Waals surface area contributed by atoms with Gasteiger partial charge in [0.05, 0.1) is 6.61 Å². The number of hydrogen-bond acceptors (Lipinski definition) is 4. The van der Waals surface area contributed by atoms with Crippen LogP contribution in [0.3, 0.4) is 0 Å². The molecule has 0 bridgehead atoms. The van der Waals surface area contributed by atoms with E-state index >= 15 is 0 Å². The lowest BCUT2D eigenvalue weighted by atomic mass is 9.82. The highest BCUT2D eigenvalue weighted by atomic mass is 35.5. The molecule has 130 valence electrons. The van der Waals surface area contributed by atoms with Crippen LogP contribution in [0, 0.1) is 11.8 Å². The van der Waals surface area contributed by atoms with E-state index in [1.54, 1.807) is 11.8 Å². The van der Waals surface area contributed by atoms with Crippen molar-refractivity contribution < 1.29 is 14.3 Å². The summed E-state index contributed by atoms with van der Waals surface area (Å²) in [5.41, 5.74) is 6.12. The molecule has 0 spiro atoms. The SMILES string of the molecule is CCOC(=O)CN(CC(C)C)C(=O)CC1CCCCC1N.Cl. The van der Waals surface area contributed by atoms with E-state index in [-0.39, 0.29) is 42.8 Å². The number of hydrogen-bond donors (Lipinski definition) is 1. The Balaban J connectivity index is 0.00000441. The minimum atomic E-state index is -0.334. The second kappa shape index (κ2) is 10.8. The first kappa shape index (κ1) is 21.2. The van der Waals surface area contributed by atoms with Crippen LogP contribution in [0.1, 0.15) is 52.9 Å². The third-order valence-corrected chi connectivity index (χ3v) is 3.97. The first-order valence-electron chi connectivity index (χ1n) is 8.13. The third kappa shape index (κ3) is 7.45. The molecule has 5 nitrogen and oxygen atoms in total. The van der Waals surface area contributed by atoms with E-state index in [2.05, 4.69) is 0 Å². The van der Waals surface area contributed by atoms with Crippen molar-refractivity contribution in [2.75, 3.05) is 19.7 Å². The Kier molecular flexibility index (Phi) is 10.4. The average Bonchev–Trinajstić information content (AvgIpc) is 2.40. The second-order valence-corrected chi connectivity index (χ2v) is 6.39. The Morgan fingerprint density at radius 2 is 1.91 bits per heavy atom. The molecule has 1 amide bonds. The Morgan fingerprint density at radius 3 is 2.45 bits per heavy atom. The molecule has 0 heterocycles. The molecule has 1 saturated carbocycles. The molecule has 0 aromatic heterocycles. The van der Waals surface area contributed by atoms with E-state index in [9.17, 15) is 9.59 Å². The Morgan fingerprint density at radius 1 is 1.27 bits per heavy atom. The van der Waals surface area contributed by atoms with E-state index < -0.39 is 0 Å². The molecular weight excluding hydrogens is 304 g/mol. The van der Waals surface area contributed by atoms with E-state index in [1.807, 2.05) is 13.8 Å². The van der Waals surface area contributed by atoms with Crippen LogP contribution in [0.2, 0.25) is 0 Å². The minimum Gasteiger partial charge on any atom is -0.465 e. The van der Waals surface area contributed by atoms with Gasteiger partial charge in [-0.05, 0) is 31.6 Å². The summed E-state index contributed by atoms with van der Waals surface area (Å²) < 4.78 is 4.96. The number of amides is 1. The number of carbonyl (C=O) groups excluding carboxylic acids is 2. The van der Waals surface area contributed by atoms with Crippen molar-refractivity contribution in [1.82, 2.24) is 4.90 Å². The molecule has 1 rings (SSSR count). The monoisotopic (exact) mass is 334 g/mol. The Labute approximate surface area is 140 Å². The number of nitrogens with two attached hydrogens (primary N) is 1. The summed E-state index contributed by atoms with van der Waals surface area (Å²) in [4.78, 5) is 25.8. The first-order chi connectivity index (χ1) is 9.93. The Bertz CT molecular complexity index is 350. The maximum Gasteiger partial charge on any atom is 0.325 e. The van der Waals surface area contributed by atoms with E-state index in [4.69, 9.17) is 10.5 Å². The quantitative estimate of drug-likeness (QED) is 0.725. The van der Waals surface area contributed by atoms with Crippen LogP contribution in [0.5, 0.6) is 0 Å². The zero-order chi connectivity index (χ0) is 15.8. The molecular formula is C16H31ClN2O3. The number of rotatable bonds is 7.